The predicted molar refractivity (Wildman–Crippen MR) is 104 cm³/mol. The number of aryl methyl sites for hydroxylation is 1. The zero-order chi connectivity index (χ0) is 18.6. The third-order valence-electron chi connectivity index (χ3n) is 5.45. The van der Waals surface area contributed by atoms with Crippen LogP contribution in [0.15, 0.2) is 48.5 Å². The van der Waals surface area contributed by atoms with Gasteiger partial charge in [0.25, 0.3) is 5.91 Å². The van der Waals surface area contributed by atoms with Crippen LogP contribution in [0.3, 0.4) is 0 Å². The van der Waals surface area contributed by atoms with Crippen molar-refractivity contribution in [3.63, 3.8) is 0 Å². The lowest BCUT2D eigenvalue weighted by Crippen LogP contribution is -2.40. The maximum Gasteiger partial charge on any atom is 0.260 e. The molecule has 4 rings (SSSR count). The van der Waals surface area contributed by atoms with Gasteiger partial charge in [-0.3, -0.25) is 9.59 Å². The number of rotatable bonds is 4. The lowest BCUT2D eigenvalue weighted by molar-refractivity contribution is -0.134. The van der Waals surface area contributed by atoms with Crippen molar-refractivity contribution < 1.29 is 14.3 Å². The molecule has 1 N–H and O–H groups in total. The van der Waals surface area contributed by atoms with E-state index in [1.165, 1.54) is 5.56 Å². The van der Waals surface area contributed by atoms with E-state index in [9.17, 15) is 9.59 Å². The summed E-state index contributed by atoms with van der Waals surface area (Å²) in [7, 11) is 0. The lowest BCUT2D eigenvalue weighted by Gasteiger charge is -2.32. The standard InChI is InChI=1S/C22H24N2O3/c25-21-9-6-18-14-19(7-8-20(18)23-21)27-15-22(26)24-12-10-17(11-13-24)16-4-2-1-3-5-16/h1-5,7-8,14,17H,6,9-13,15H2,(H,23,25). The molecule has 0 spiro atoms. The summed E-state index contributed by atoms with van der Waals surface area (Å²) < 4.78 is 5.72. The number of piperidine rings is 1. The van der Waals surface area contributed by atoms with E-state index in [0.29, 0.717) is 24.5 Å². The van der Waals surface area contributed by atoms with Crippen LogP contribution in [0.4, 0.5) is 5.69 Å². The van der Waals surface area contributed by atoms with Crippen LogP contribution in [0.2, 0.25) is 0 Å². The van der Waals surface area contributed by atoms with Crippen LogP contribution >= 0.6 is 0 Å². The van der Waals surface area contributed by atoms with Crippen LogP contribution < -0.4 is 10.1 Å². The van der Waals surface area contributed by atoms with Crippen molar-refractivity contribution in [1.82, 2.24) is 4.90 Å². The highest BCUT2D eigenvalue weighted by Crippen LogP contribution is 2.29. The highest BCUT2D eigenvalue weighted by atomic mass is 16.5. The van der Waals surface area contributed by atoms with E-state index in [1.54, 1.807) is 6.07 Å². The molecule has 0 saturated carbocycles. The van der Waals surface area contributed by atoms with Gasteiger partial charge in [-0.15, -0.1) is 0 Å². The zero-order valence-corrected chi connectivity index (χ0v) is 15.3. The van der Waals surface area contributed by atoms with E-state index in [4.69, 9.17) is 4.74 Å². The van der Waals surface area contributed by atoms with E-state index in [0.717, 1.165) is 37.2 Å². The van der Waals surface area contributed by atoms with Gasteiger partial charge in [0.15, 0.2) is 6.61 Å². The third kappa shape index (κ3) is 4.13. The van der Waals surface area contributed by atoms with E-state index in [1.807, 2.05) is 23.1 Å². The van der Waals surface area contributed by atoms with Gasteiger partial charge in [0.1, 0.15) is 5.75 Å². The number of likely N-dealkylation sites (tertiary alicyclic amines) is 1. The third-order valence-corrected chi connectivity index (χ3v) is 5.45. The molecular weight excluding hydrogens is 340 g/mol. The first-order valence-corrected chi connectivity index (χ1v) is 9.57. The Labute approximate surface area is 159 Å². The molecule has 5 heteroatoms. The van der Waals surface area contributed by atoms with Gasteiger partial charge in [-0.05, 0) is 54.5 Å². The summed E-state index contributed by atoms with van der Waals surface area (Å²) in [6.07, 6.45) is 3.19. The van der Waals surface area contributed by atoms with Gasteiger partial charge in [-0.1, -0.05) is 30.3 Å². The molecule has 5 nitrogen and oxygen atoms in total. The first kappa shape index (κ1) is 17.6. The van der Waals surface area contributed by atoms with Crippen LogP contribution in [0.1, 0.15) is 36.3 Å². The highest BCUT2D eigenvalue weighted by Gasteiger charge is 2.24. The topological polar surface area (TPSA) is 58.6 Å². The Balaban J connectivity index is 1.28. The summed E-state index contributed by atoms with van der Waals surface area (Å²) in [5, 5.41) is 2.85. The number of amides is 2. The Morgan fingerprint density at radius 2 is 1.85 bits per heavy atom. The number of nitrogens with zero attached hydrogens (tertiary/aromatic N) is 1. The molecular formula is C22H24N2O3. The van der Waals surface area contributed by atoms with Crippen molar-refractivity contribution in [2.45, 2.75) is 31.6 Å². The summed E-state index contributed by atoms with van der Waals surface area (Å²) in [6.45, 7) is 1.61. The molecule has 2 amide bonds. The Morgan fingerprint density at radius 3 is 2.63 bits per heavy atom. The molecule has 0 unspecified atom stereocenters. The predicted octanol–water partition coefficient (Wildman–Crippen LogP) is 3.36. The molecule has 0 atom stereocenters. The number of ether oxygens (including phenoxy) is 1. The molecule has 2 aliphatic rings. The zero-order valence-electron chi connectivity index (χ0n) is 15.3. The minimum atomic E-state index is 0.0348. The second-order valence-corrected chi connectivity index (χ2v) is 7.22. The average molecular weight is 364 g/mol. The Morgan fingerprint density at radius 1 is 1.07 bits per heavy atom. The monoisotopic (exact) mass is 364 g/mol. The van der Waals surface area contributed by atoms with Crippen LogP contribution in [-0.4, -0.2) is 36.4 Å². The quantitative estimate of drug-likeness (QED) is 0.905. The van der Waals surface area contributed by atoms with Crippen molar-refractivity contribution in [3.05, 3.63) is 59.7 Å². The number of carbonyl (C=O) groups is 2. The van der Waals surface area contributed by atoms with Gasteiger partial charge < -0.3 is 15.0 Å². The van der Waals surface area contributed by atoms with Crippen LogP contribution in [0, 0.1) is 0 Å². The molecule has 1 saturated heterocycles. The van der Waals surface area contributed by atoms with Crippen LogP contribution in [0.5, 0.6) is 5.75 Å². The van der Waals surface area contributed by atoms with Gasteiger partial charge in [0.2, 0.25) is 5.91 Å². The smallest absolute Gasteiger partial charge is 0.260 e. The molecule has 0 radical (unpaired) electrons. The van der Waals surface area contributed by atoms with Crippen molar-refractivity contribution in [2.24, 2.45) is 0 Å². The van der Waals surface area contributed by atoms with Gasteiger partial charge in [0.05, 0.1) is 0 Å². The lowest BCUT2D eigenvalue weighted by atomic mass is 9.89. The SMILES string of the molecule is O=C1CCc2cc(OCC(=O)N3CCC(c4ccccc4)CC3)ccc2N1. The minimum absolute atomic E-state index is 0.0348. The summed E-state index contributed by atoms with van der Waals surface area (Å²) in [6, 6.07) is 16.1. The molecule has 140 valence electrons. The average Bonchev–Trinajstić information content (AvgIpc) is 2.72. The molecule has 2 aromatic carbocycles. The van der Waals surface area contributed by atoms with Gasteiger partial charge in [-0.2, -0.15) is 0 Å². The Hall–Kier alpha value is -2.82. The van der Waals surface area contributed by atoms with Gasteiger partial charge in [-0.25, -0.2) is 0 Å². The molecule has 0 aliphatic carbocycles. The summed E-state index contributed by atoms with van der Waals surface area (Å²) >= 11 is 0. The van der Waals surface area contributed by atoms with Crippen molar-refractivity contribution in [2.75, 3.05) is 25.0 Å². The van der Waals surface area contributed by atoms with Gasteiger partial charge >= 0.3 is 0 Å². The van der Waals surface area contributed by atoms with Crippen LogP contribution in [-0.2, 0) is 16.0 Å². The maximum atomic E-state index is 12.5. The second kappa shape index (κ2) is 7.82. The second-order valence-electron chi connectivity index (χ2n) is 7.22. The van der Waals surface area contributed by atoms with Crippen molar-refractivity contribution >= 4 is 17.5 Å². The summed E-state index contributed by atoms with van der Waals surface area (Å²) in [5.74, 6) is 1.29. The summed E-state index contributed by atoms with van der Waals surface area (Å²) in [5.41, 5.74) is 3.26. The van der Waals surface area contributed by atoms with Gasteiger partial charge in [0, 0.05) is 25.2 Å². The molecule has 1 fully saturated rings. The highest BCUT2D eigenvalue weighted by molar-refractivity contribution is 5.94. The number of hydrogen-bond acceptors (Lipinski definition) is 3. The van der Waals surface area contributed by atoms with E-state index in [-0.39, 0.29) is 18.4 Å². The van der Waals surface area contributed by atoms with E-state index >= 15 is 0 Å². The van der Waals surface area contributed by atoms with Crippen molar-refractivity contribution in [3.8, 4) is 5.75 Å². The van der Waals surface area contributed by atoms with E-state index in [2.05, 4.69) is 29.6 Å². The first-order chi connectivity index (χ1) is 13.2. The molecule has 2 aliphatic heterocycles. The minimum Gasteiger partial charge on any atom is -0.484 e. The van der Waals surface area contributed by atoms with E-state index < -0.39 is 0 Å². The normalized spacial score (nSPS) is 17.2. The molecule has 27 heavy (non-hydrogen) atoms. The molecule has 0 aromatic heterocycles. The number of nitrogens with one attached hydrogen (secondary N) is 1. The fourth-order valence-corrected chi connectivity index (χ4v) is 3.87. The number of benzene rings is 2. The largest absolute Gasteiger partial charge is 0.484 e. The summed E-state index contributed by atoms with van der Waals surface area (Å²) in [4.78, 5) is 25.8. The first-order valence-electron chi connectivity index (χ1n) is 9.57. The van der Waals surface area contributed by atoms with Crippen molar-refractivity contribution in [1.29, 1.82) is 0 Å². The molecule has 2 aromatic rings. The molecule has 2 heterocycles. The molecule has 0 bridgehead atoms. The fraction of sp³-hybridized carbons (Fsp3) is 0.364. The number of carbonyl (C=O) groups excluding carboxylic acids is 2. The number of hydrogen-bond donors (Lipinski definition) is 1. The Bertz CT molecular complexity index is 827. The Kier molecular flexibility index (Phi) is 5.10. The maximum absolute atomic E-state index is 12.5. The number of fused-ring (bicyclic) bond motifs is 1. The number of anilines is 1. The fourth-order valence-electron chi connectivity index (χ4n) is 3.87. The van der Waals surface area contributed by atoms with Crippen LogP contribution in [0.25, 0.3) is 0 Å².